The van der Waals surface area contributed by atoms with E-state index in [9.17, 15) is 23.8 Å². The number of hydrogen-bond donors (Lipinski definition) is 0. The van der Waals surface area contributed by atoms with Crippen LogP contribution >= 0.6 is 11.3 Å². The lowest BCUT2D eigenvalue weighted by molar-refractivity contribution is -0.385. The van der Waals surface area contributed by atoms with Crippen molar-refractivity contribution in [3.8, 4) is 11.8 Å². The number of ether oxygens (including phenoxy) is 1. The normalized spacial score (nSPS) is 12.1. The molecule has 0 radical (unpaired) electrons. The van der Waals surface area contributed by atoms with Gasteiger partial charge in [-0.1, -0.05) is 54.6 Å². The Morgan fingerprint density at radius 2 is 1.70 bits per heavy atom. The highest BCUT2D eigenvalue weighted by Gasteiger charge is 2.35. The van der Waals surface area contributed by atoms with Crippen LogP contribution in [0.5, 0.6) is 5.75 Å². The molecule has 0 amide bonds. The monoisotopic (exact) mass is 533 g/mol. The number of sulfonamides is 1. The predicted octanol–water partition coefficient (Wildman–Crippen LogP) is 5.41. The summed E-state index contributed by atoms with van der Waals surface area (Å²) in [6.45, 7) is -0.295. The van der Waals surface area contributed by atoms with Gasteiger partial charge in [0.05, 0.1) is 22.6 Å². The van der Waals surface area contributed by atoms with Crippen molar-refractivity contribution >= 4 is 27.0 Å². The van der Waals surface area contributed by atoms with Gasteiger partial charge in [-0.3, -0.25) is 10.1 Å². The molecule has 0 aliphatic carbocycles. The molecule has 1 aromatic heterocycles. The maximum absolute atomic E-state index is 13.9. The van der Waals surface area contributed by atoms with Crippen LogP contribution in [-0.4, -0.2) is 30.3 Å². The summed E-state index contributed by atoms with van der Waals surface area (Å²) in [6.07, 6.45) is 0.310. The quantitative estimate of drug-likeness (QED) is 0.188. The number of nitriles is 1. The van der Waals surface area contributed by atoms with E-state index in [4.69, 9.17) is 4.74 Å². The van der Waals surface area contributed by atoms with Crippen molar-refractivity contribution in [2.45, 2.75) is 23.2 Å². The van der Waals surface area contributed by atoms with Gasteiger partial charge in [-0.25, -0.2) is 8.42 Å². The number of nitro groups is 1. The van der Waals surface area contributed by atoms with Gasteiger partial charge >= 0.3 is 0 Å². The van der Waals surface area contributed by atoms with Crippen molar-refractivity contribution in [2.75, 3.05) is 6.61 Å². The van der Waals surface area contributed by atoms with Crippen LogP contribution in [0.1, 0.15) is 16.7 Å². The molecular weight excluding hydrogens is 510 g/mol. The molecule has 0 saturated heterocycles. The van der Waals surface area contributed by atoms with Crippen LogP contribution in [0.2, 0.25) is 0 Å². The fourth-order valence-electron chi connectivity index (χ4n) is 3.90. The van der Waals surface area contributed by atoms with Crippen LogP contribution in [0.4, 0.5) is 5.69 Å². The van der Waals surface area contributed by atoms with Crippen molar-refractivity contribution in [3.63, 3.8) is 0 Å². The van der Waals surface area contributed by atoms with Crippen LogP contribution in [0, 0.1) is 21.4 Å². The largest absolute Gasteiger partial charge is 0.492 e. The Bertz CT molecular complexity index is 1490. The molecule has 0 aliphatic rings. The first-order valence-corrected chi connectivity index (χ1v) is 13.6. The molecule has 0 aliphatic heterocycles. The zero-order valence-corrected chi connectivity index (χ0v) is 21.3. The third kappa shape index (κ3) is 6.40. The van der Waals surface area contributed by atoms with E-state index in [0.717, 1.165) is 16.9 Å². The minimum absolute atomic E-state index is 0.00918. The van der Waals surface area contributed by atoms with Gasteiger partial charge in [0.25, 0.3) is 15.7 Å². The molecule has 10 heteroatoms. The van der Waals surface area contributed by atoms with Crippen molar-refractivity contribution in [3.05, 3.63) is 123 Å². The topological polar surface area (TPSA) is 114 Å². The highest BCUT2D eigenvalue weighted by Crippen LogP contribution is 2.30. The summed E-state index contributed by atoms with van der Waals surface area (Å²) in [6, 6.07) is 26.8. The minimum atomic E-state index is -4.08. The first kappa shape index (κ1) is 26.0. The Morgan fingerprint density at radius 1 is 1.00 bits per heavy atom. The number of hydrogen-bond acceptors (Lipinski definition) is 7. The molecule has 0 N–H and O–H groups in total. The Hall–Kier alpha value is -4.04. The maximum Gasteiger partial charge on any atom is 0.274 e. The van der Waals surface area contributed by atoms with E-state index in [-0.39, 0.29) is 34.2 Å². The standard InChI is InChI=1S/C27H23N3O5S2/c28-18-22-13-14-26(30(31)32)23(16-22)19-29(37(33,34)27-12-7-15-36-27)24(17-21-8-3-1-4-9-21)20-35-25-10-5-2-6-11-25/h1-16,24H,17,19-20H2/t24-/m1/s1. The zero-order chi connectivity index (χ0) is 26.3. The molecule has 8 nitrogen and oxygen atoms in total. The Kier molecular flexibility index (Phi) is 8.30. The second kappa shape index (κ2) is 11.8. The third-order valence-corrected chi connectivity index (χ3v) is 8.97. The summed E-state index contributed by atoms with van der Waals surface area (Å²) in [5.41, 5.74) is 0.958. The van der Waals surface area contributed by atoms with Gasteiger partial charge in [-0.05, 0) is 47.7 Å². The van der Waals surface area contributed by atoms with Gasteiger partial charge in [0.15, 0.2) is 0 Å². The van der Waals surface area contributed by atoms with Crippen LogP contribution in [0.25, 0.3) is 0 Å². The van der Waals surface area contributed by atoms with Crippen molar-refractivity contribution < 1.29 is 18.1 Å². The third-order valence-electron chi connectivity index (χ3n) is 5.70. The van der Waals surface area contributed by atoms with Gasteiger partial charge in [0.2, 0.25) is 0 Å². The van der Waals surface area contributed by atoms with E-state index in [2.05, 4.69) is 0 Å². The van der Waals surface area contributed by atoms with E-state index in [1.807, 2.05) is 54.6 Å². The van der Waals surface area contributed by atoms with Crippen molar-refractivity contribution in [1.29, 1.82) is 5.26 Å². The lowest BCUT2D eigenvalue weighted by Crippen LogP contribution is -2.44. The van der Waals surface area contributed by atoms with E-state index < -0.39 is 21.0 Å². The molecule has 1 heterocycles. The zero-order valence-electron chi connectivity index (χ0n) is 19.6. The molecule has 188 valence electrons. The molecule has 0 fully saturated rings. The molecule has 4 aromatic rings. The molecule has 0 unspecified atom stereocenters. The first-order chi connectivity index (χ1) is 17.9. The van der Waals surface area contributed by atoms with Crippen LogP contribution in [-0.2, 0) is 23.0 Å². The summed E-state index contributed by atoms with van der Waals surface area (Å²) < 4.78 is 35.2. The van der Waals surface area contributed by atoms with Crippen molar-refractivity contribution in [1.82, 2.24) is 4.31 Å². The lowest BCUT2D eigenvalue weighted by atomic mass is 10.0. The highest BCUT2D eigenvalue weighted by molar-refractivity contribution is 7.91. The number of nitrogens with zero attached hydrogens (tertiary/aromatic N) is 3. The van der Waals surface area contributed by atoms with Crippen molar-refractivity contribution in [2.24, 2.45) is 0 Å². The summed E-state index contributed by atoms with van der Waals surface area (Å²) >= 11 is 1.07. The molecule has 0 bridgehead atoms. The van der Waals surface area contributed by atoms with Gasteiger partial charge in [0, 0.05) is 18.2 Å². The summed E-state index contributed by atoms with van der Waals surface area (Å²) in [4.78, 5) is 11.2. The van der Waals surface area contributed by atoms with Crippen LogP contribution < -0.4 is 4.74 Å². The van der Waals surface area contributed by atoms with E-state index >= 15 is 0 Å². The van der Waals surface area contributed by atoms with E-state index in [1.54, 1.807) is 23.6 Å². The average molecular weight is 534 g/mol. The van der Waals surface area contributed by atoms with Gasteiger partial charge < -0.3 is 4.74 Å². The molecule has 4 rings (SSSR count). The van der Waals surface area contributed by atoms with E-state index in [1.165, 1.54) is 28.6 Å². The summed E-state index contributed by atoms with van der Waals surface area (Å²) in [7, 11) is -4.08. The maximum atomic E-state index is 13.9. The molecule has 3 aromatic carbocycles. The van der Waals surface area contributed by atoms with Crippen LogP contribution in [0.3, 0.4) is 0 Å². The summed E-state index contributed by atoms with van der Waals surface area (Å²) in [5.74, 6) is 0.575. The smallest absolute Gasteiger partial charge is 0.274 e. The Balaban J connectivity index is 1.80. The molecule has 1 atom stereocenters. The fourth-order valence-corrected chi connectivity index (χ4v) is 6.61. The Labute approximate surface area is 219 Å². The number of thiophene rings is 1. The predicted molar refractivity (Wildman–Crippen MR) is 141 cm³/mol. The molecule has 37 heavy (non-hydrogen) atoms. The minimum Gasteiger partial charge on any atom is -0.492 e. The molecule has 0 spiro atoms. The second-order valence-electron chi connectivity index (χ2n) is 8.16. The van der Waals surface area contributed by atoms with E-state index in [0.29, 0.717) is 12.2 Å². The van der Waals surface area contributed by atoms with Gasteiger partial charge in [-0.2, -0.15) is 9.57 Å². The Morgan fingerprint density at radius 3 is 2.32 bits per heavy atom. The fraction of sp³-hybridized carbons (Fsp3) is 0.148. The number of nitro benzene ring substituents is 1. The number of rotatable bonds is 11. The van der Waals surface area contributed by atoms with Gasteiger partial charge in [-0.15, -0.1) is 11.3 Å². The number of para-hydroxylation sites is 1. The highest BCUT2D eigenvalue weighted by atomic mass is 32.2. The molecular formula is C27H23N3O5S2. The lowest BCUT2D eigenvalue weighted by Gasteiger charge is -2.31. The van der Waals surface area contributed by atoms with Crippen LogP contribution in [0.15, 0.2) is 101 Å². The second-order valence-corrected chi connectivity index (χ2v) is 11.2. The average Bonchev–Trinajstić information content (AvgIpc) is 3.47. The number of benzene rings is 3. The van der Waals surface area contributed by atoms with Gasteiger partial charge in [0.1, 0.15) is 16.6 Å². The SMILES string of the molecule is N#Cc1ccc([N+](=O)[O-])c(CN([C@@H](COc2ccccc2)Cc2ccccc2)S(=O)(=O)c2cccs2)c1. The molecule has 0 saturated carbocycles. The first-order valence-electron chi connectivity index (χ1n) is 11.3. The summed E-state index contributed by atoms with van der Waals surface area (Å²) in [5, 5.41) is 22.8.